The van der Waals surface area contributed by atoms with Crippen LogP contribution in [0.5, 0.6) is 5.75 Å². The summed E-state index contributed by atoms with van der Waals surface area (Å²) in [5, 5.41) is 5.09. The Hall–Kier alpha value is -4.36. The molecule has 194 valence electrons. The standard InChI is InChI=1S/C32H21F3O3S/c1-20-16-23-19-31(38-39(36,37)32(33,34)35)30(28-15-7-11-22-9-3-5-13-26(22)28)18-24(23)17-29(20)27-14-6-10-21-8-2-4-12-25(21)27/h2-19H,1H3. The molecule has 0 aliphatic heterocycles. The van der Waals surface area contributed by atoms with Crippen LogP contribution >= 0.6 is 0 Å². The van der Waals surface area contributed by atoms with E-state index in [4.69, 9.17) is 4.18 Å². The summed E-state index contributed by atoms with van der Waals surface area (Å²) >= 11 is 0. The van der Waals surface area contributed by atoms with Gasteiger partial charge in [-0.25, -0.2) is 0 Å². The van der Waals surface area contributed by atoms with E-state index in [2.05, 4.69) is 6.07 Å². The number of hydrogen-bond acceptors (Lipinski definition) is 3. The van der Waals surface area contributed by atoms with Gasteiger partial charge >= 0.3 is 15.6 Å². The highest BCUT2D eigenvalue weighted by Crippen LogP contribution is 2.42. The van der Waals surface area contributed by atoms with Crippen LogP contribution in [0, 0.1) is 6.92 Å². The van der Waals surface area contributed by atoms with Gasteiger partial charge in [-0.3, -0.25) is 0 Å². The lowest BCUT2D eigenvalue weighted by molar-refractivity contribution is -0.0499. The molecule has 0 aromatic heterocycles. The van der Waals surface area contributed by atoms with Gasteiger partial charge in [-0.1, -0.05) is 91.0 Å². The van der Waals surface area contributed by atoms with Crippen molar-refractivity contribution in [3.05, 3.63) is 115 Å². The molecule has 6 aromatic carbocycles. The van der Waals surface area contributed by atoms with Gasteiger partial charge in [-0.15, -0.1) is 0 Å². The molecular weight excluding hydrogens is 521 g/mol. The highest BCUT2D eigenvalue weighted by atomic mass is 32.2. The van der Waals surface area contributed by atoms with E-state index in [1.54, 1.807) is 18.2 Å². The van der Waals surface area contributed by atoms with Crippen molar-refractivity contribution in [1.82, 2.24) is 0 Å². The fourth-order valence-electron chi connectivity index (χ4n) is 5.10. The van der Waals surface area contributed by atoms with Crippen molar-refractivity contribution in [3.8, 4) is 28.0 Å². The van der Waals surface area contributed by atoms with E-state index in [1.165, 1.54) is 6.07 Å². The molecule has 0 radical (unpaired) electrons. The lowest BCUT2D eigenvalue weighted by atomic mass is 9.90. The molecule has 6 rings (SSSR count). The fraction of sp³-hybridized carbons (Fsp3) is 0.0625. The topological polar surface area (TPSA) is 43.4 Å². The number of halogens is 3. The Labute approximate surface area is 223 Å². The van der Waals surface area contributed by atoms with Gasteiger partial charge in [0.15, 0.2) is 5.75 Å². The van der Waals surface area contributed by atoms with Gasteiger partial charge in [0.1, 0.15) is 0 Å². The van der Waals surface area contributed by atoms with Crippen molar-refractivity contribution in [3.63, 3.8) is 0 Å². The van der Waals surface area contributed by atoms with E-state index in [-0.39, 0.29) is 11.3 Å². The molecule has 0 N–H and O–H groups in total. The average molecular weight is 543 g/mol. The second-order valence-corrected chi connectivity index (χ2v) is 10.9. The summed E-state index contributed by atoms with van der Waals surface area (Å²) in [5.41, 5.74) is -1.86. The second-order valence-electron chi connectivity index (χ2n) is 9.40. The van der Waals surface area contributed by atoms with Crippen LogP contribution < -0.4 is 4.18 Å². The SMILES string of the molecule is Cc1cc2cc(OS(=O)(=O)C(F)(F)F)c(-c3cccc4ccccc34)cc2cc1-c1cccc2ccccc12. The number of fused-ring (bicyclic) bond motifs is 3. The lowest BCUT2D eigenvalue weighted by Gasteiger charge is -2.17. The summed E-state index contributed by atoms with van der Waals surface area (Å²) in [5.74, 6) is -0.381. The summed E-state index contributed by atoms with van der Waals surface area (Å²) in [7, 11) is -5.89. The van der Waals surface area contributed by atoms with Crippen LogP contribution in [0.1, 0.15) is 5.56 Å². The van der Waals surface area contributed by atoms with Gasteiger partial charge in [-0.05, 0) is 79.7 Å². The molecule has 0 aliphatic carbocycles. The third kappa shape index (κ3) is 4.38. The van der Waals surface area contributed by atoms with E-state index in [0.717, 1.165) is 43.6 Å². The average Bonchev–Trinajstić information content (AvgIpc) is 2.91. The van der Waals surface area contributed by atoms with Gasteiger partial charge in [0.25, 0.3) is 0 Å². The van der Waals surface area contributed by atoms with Crippen LogP contribution in [0.15, 0.2) is 109 Å². The number of alkyl halides is 3. The van der Waals surface area contributed by atoms with Gasteiger partial charge in [0.05, 0.1) is 0 Å². The van der Waals surface area contributed by atoms with Crippen LogP contribution in [0.4, 0.5) is 13.2 Å². The van der Waals surface area contributed by atoms with Crippen LogP contribution in [-0.2, 0) is 10.1 Å². The first-order chi connectivity index (χ1) is 18.6. The predicted octanol–water partition coefficient (Wildman–Crippen LogP) is 9.02. The first-order valence-electron chi connectivity index (χ1n) is 12.2. The molecule has 0 saturated heterocycles. The third-order valence-electron chi connectivity index (χ3n) is 6.92. The molecular formula is C32H21F3O3S. The minimum atomic E-state index is -5.89. The van der Waals surface area contributed by atoms with Gasteiger partial charge in [0.2, 0.25) is 0 Å². The van der Waals surface area contributed by atoms with Gasteiger partial charge < -0.3 is 4.18 Å². The monoisotopic (exact) mass is 542 g/mol. The molecule has 0 aliphatic rings. The minimum Gasteiger partial charge on any atom is -0.375 e. The molecule has 3 nitrogen and oxygen atoms in total. The summed E-state index contributed by atoms with van der Waals surface area (Å²) in [4.78, 5) is 0. The molecule has 0 saturated carbocycles. The predicted molar refractivity (Wildman–Crippen MR) is 150 cm³/mol. The van der Waals surface area contributed by atoms with Crippen molar-refractivity contribution in [2.75, 3.05) is 0 Å². The molecule has 39 heavy (non-hydrogen) atoms. The smallest absolute Gasteiger partial charge is 0.375 e. The van der Waals surface area contributed by atoms with Gasteiger partial charge in [-0.2, -0.15) is 21.6 Å². The number of hydrogen-bond donors (Lipinski definition) is 0. The zero-order valence-corrected chi connectivity index (χ0v) is 21.5. The van der Waals surface area contributed by atoms with Crippen molar-refractivity contribution >= 4 is 42.4 Å². The summed E-state index contributed by atoms with van der Waals surface area (Å²) in [6.45, 7) is 1.92. The first kappa shape index (κ1) is 24.9. The minimum absolute atomic E-state index is 0.250. The second kappa shape index (κ2) is 9.13. The Kier molecular flexibility index (Phi) is 5.84. The highest BCUT2D eigenvalue weighted by Gasteiger charge is 2.49. The maximum Gasteiger partial charge on any atom is 0.534 e. The lowest BCUT2D eigenvalue weighted by Crippen LogP contribution is -2.28. The zero-order chi connectivity index (χ0) is 27.4. The third-order valence-corrected chi connectivity index (χ3v) is 7.89. The maximum atomic E-state index is 13.3. The van der Waals surface area contributed by atoms with Crippen LogP contribution in [0.25, 0.3) is 54.6 Å². The fourth-order valence-corrected chi connectivity index (χ4v) is 5.57. The first-order valence-corrected chi connectivity index (χ1v) is 13.6. The van der Waals surface area contributed by atoms with Crippen LogP contribution in [0.3, 0.4) is 0 Å². The summed E-state index contributed by atoms with van der Waals surface area (Å²) in [6.07, 6.45) is 0. The summed E-state index contributed by atoms with van der Waals surface area (Å²) < 4.78 is 69.0. The number of aryl methyl sites for hydroxylation is 1. The van der Waals surface area contributed by atoms with E-state index in [9.17, 15) is 21.6 Å². The van der Waals surface area contributed by atoms with Crippen molar-refractivity contribution in [2.45, 2.75) is 12.4 Å². The zero-order valence-electron chi connectivity index (χ0n) is 20.7. The van der Waals surface area contributed by atoms with Crippen LogP contribution in [-0.4, -0.2) is 13.9 Å². The van der Waals surface area contributed by atoms with Crippen molar-refractivity contribution < 1.29 is 25.8 Å². The Bertz CT molecular complexity index is 2000. The summed E-state index contributed by atoms with van der Waals surface area (Å²) in [6, 6.07) is 33.8. The molecule has 0 bridgehead atoms. The molecule has 0 fully saturated rings. The molecule has 0 unspecified atom stereocenters. The molecule has 0 spiro atoms. The Morgan fingerprint density at radius 2 is 1.05 bits per heavy atom. The Balaban J connectivity index is 1.64. The van der Waals surface area contributed by atoms with Crippen molar-refractivity contribution in [1.29, 1.82) is 0 Å². The molecule has 0 atom stereocenters. The quantitative estimate of drug-likeness (QED) is 0.165. The van der Waals surface area contributed by atoms with Gasteiger partial charge in [0, 0.05) is 5.56 Å². The molecule has 6 aromatic rings. The van der Waals surface area contributed by atoms with E-state index in [0.29, 0.717) is 10.9 Å². The Morgan fingerprint density at radius 3 is 1.64 bits per heavy atom. The normalized spacial score (nSPS) is 12.3. The number of benzene rings is 6. The van der Waals surface area contributed by atoms with Crippen molar-refractivity contribution in [2.24, 2.45) is 0 Å². The Morgan fingerprint density at radius 1 is 0.564 bits per heavy atom. The van der Waals surface area contributed by atoms with E-state index < -0.39 is 15.6 Å². The highest BCUT2D eigenvalue weighted by molar-refractivity contribution is 7.88. The van der Waals surface area contributed by atoms with E-state index >= 15 is 0 Å². The molecule has 7 heteroatoms. The molecule has 0 heterocycles. The molecule has 0 amide bonds. The largest absolute Gasteiger partial charge is 0.534 e. The maximum absolute atomic E-state index is 13.3. The number of rotatable bonds is 4. The van der Waals surface area contributed by atoms with E-state index in [1.807, 2.05) is 85.8 Å². The van der Waals surface area contributed by atoms with Crippen LogP contribution in [0.2, 0.25) is 0 Å².